The molecule has 0 aromatic heterocycles. The third-order valence-corrected chi connectivity index (χ3v) is 4.01. The predicted molar refractivity (Wildman–Crippen MR) is 91.7 cm³/mol. The molecule has 3 rings (SSSR count). The van der Waals surface area contributed by atoms with E-state index in [-0.39, 0.29) is 22.1 Å². The minimum absolute atomic E-state index is 0.0433. The lowest BCUT2D eigenvalue weighted by Gasteiger charge is -2.14. The van der Waals surface area contributed by atoms with E-state index in [0.29, 0.717) is 4.47 Å². The summed E-state index contributed by atoms with van der Waals surface area (Å²) < 4.78 is 28.4. The largest absolute Gasteiger partial charge is 0.327 e. The maximum absolute atomic E-state index is 13.9. The van der Waals surface area contributed by atoms with Crippen LogP contribution in [0.1, 0.15) is 5.56 Å². The number of para-hydroxylation sites is 1. The van der Waals surface area contributed by atoms with Crippen LogP contribution in [0.15, 0.2) is 52.6 Å². The zero-order valence-electron chi connectivity index (χ0n) is 11.5. The van der Waals surface area contributed by atoms with Crippen molar-refractivity contribution >= 4 is 50.9 Å². The van der Waals surface area contributed by atoms with Gasteiger partial charge in [-0.25, -0.2) is 13.7 Å². The Morgan fingerprint density at radius 2 is 1.87 bits per heavy atom. The number of thiocarbonyl (C=S) groups is 1. The average molecular weight is 395 g/mol. The van der Waals surface area contributed by atoms with E-state index >= 15 is 0 Å². The highest BCUT2D eigenvalue weighted by atomic mass is 79.9. The van der Waals surface area contributed by atoms with Gasteiger partial charge in [0.15, 0.2) is 5.11 Å². The SMILES string of the molecule is O=C1/C(=C/c2cc(Br)ccc2F)NC(=S)N1c1ccccc1F. The molecule has 0 radical (unpaired) electrons. The molecule has 0 unspecified atom stereocenters. The molecule has 0 atom stereocenters. The monoisotopic (exact) mass is 394 g/mol. The summed E-state index contributed by atoms with van der Waals surface area (Å²) in [6.07, 6.45) is 1.34. The molecule has 1 N–H and O–H groups in total. The molecule has 1 aliphatic rings. The number of carbonyl (C=O) groups is 1. The number of anilines is 1. The Balaban J connectivity index is 2.00. The molecule has 116 valence electrons. The van der Waals surface area contributed by atoms with Gasteiger partial charge in [-0.2, -0.15) is 0 Å². The molecule has 1 amide bonds. The first kappa shape index (κ1) is 15.8. The average Bonchev–Trinajstić information content (AvgIpc) is 2.78. The van der Waals surface area contributed by atoms with Crippen molar-refractivity contribution in [1.82, 2.24) is 5.32 Å². The van der Waals surface area contributed by atoms with Gasteiger partial charge < -0.3 is 5.32 Å². The van der Waals surface area contributed by atoms with Crippen LogP contribution in [0.5, 0.6) is 0 Å². The van der Waals surface area contributed by atoms with E-state index in [0.717, 1.165) is 4.90 Å². The number of halogens is 3. The van der Waals surface area contributed by atoms with Crippen molar-refractivity contribution in [3.8, 4) is 0 Å². The smallest absolute Gasteiger partial charge is 0.281 e. The van der Waals surface area contributed by atoms with Crippen LogP contribution in [0.2, 0.25) is 0 Å². The molecular weight excluding hydrogens is 386 g/mol. The minimum atomic E-state index is -0.570. The number of nitrogens with one attached hydrogen (secondary N) is 1. The van der Waals surface area contributed by atoms with Crippen LogP contribution in [0.4, 0.5) is 14.5 Å². The summed E-state index contributed by atoms with van der Waals surface area (Å²) in [7, 11) is 0. The Bertz CT molecular complexity index is 854. The van der Waals surface area contributed by atoms with Crippen LogP contribution in [0.3, 0.4) is 0 Å². The maximum Gasteiger partial charge on any atom is 0.281 e. The first-order chi connectivity index (χ1) is 11.0. The van der Waals surface area contributed by atoms with Crippen LogP contribution in [-0.4, -0.2) is 11.0 Å². The lowest BCUT2D eigenvalue weighted by molar-refractivity contribution is -0.113. The van der Waals surface area contributed by atoms with E-state index in [1.807, 2.05) is 0 Å². The van der Waals surface area contributed by atoms with Crippen molar-refractivity contribution in [2.75, 3.05) is 4.90 Å². The molecule has 0 spiro atoms. The number of nitrogens with zero attached hydrogens (tertiary/aromatic N) is 1. The number of benzene rings is 2. The molecule has 23 heavy (non-hydrogen) atoms. The van der Waals surface area contributed by atoms with E-state index in [9.17, 15) is 13.6 Å². The highest BCUT2D eigenvalue weighted by Crippen LogP contribution is 2.26. The second-order valence-corrected chi connectivity index (χ2v) is 6.05. The molecule has 1 fully saturated rings. The van der Waals surface area contributed by atoms with Gasteiger partial charge in [0.2, 0.25) is 0 Å². The number of carbonyl (C=O) groups excluding carboxylic acids is 1. The van der Waals surface area contributed by atoms with Crippen molar-refractivity contribution in [2.24, 2.45) is 0 Å². The fraction of sp³-hybridized carbons (Fsp3) is 0. The van der Waals surface area contributed by atoms with E-state index in [2.05, 4.69) is 21.2 Å². The molecule has 1 saturated heterocycles. The van der Waals surface area contributed by atoms with Crippen LogP contribution in [0.25, 0.3) is 6.08 Å². The van der Waals surface area contributed by atoms with Gasteiger partial charge in [0.05, 0.1) is 5.69 Å². The third-order valence-electron chi connectivity index (χ3n) is 3.23. The van der Waals surface area contributed by atoms with Crippen LogP contribution >= 0.6 is 28.1 Å². The lowest BCUT2D eigenvalue weighted by atomic mass is 10.1. The van der Waals surface area contributed by atoms with Gasteiger partial charge in [-0.15, -0.1) is 0 Å². The highest BCUT2D eigenvalue weighted by Gasteiger charge is 2.33. The summed E-state index contributed by atoms with van der Waals surface area (Å²) in [5.74, 6) is -1.59. The van der Waals surface area contributed by atoms with Crippen molar-refractivity contribution in [1.29, 1.82) is 0 Å². The van der Waals surface area contributed by atoms with Crippen LogP contribution in [0, 0.1) is 11.6 Å². The number of hydrogen-bond acceptors (Lipinski definition) is 2. The quantitative estimate of drug-likeness (QED) is 0.617. The van der Waals surface area contributed by atoms with Crippen LogP contribution < -0.4 is 10.2 Å². The van der Waals surface area contributed by atoms with Crippen LogP contribution in [-0.2, 0) is 4.79 Å². The molecule has 1 aliphatic heterocycles. The second kappa shape index (κ2) is 6.17. The van der Waals surface area contributed by atoms with E-state index in [1.165, 1.54) is 36.4 Å². The number of rotatable bonds is 2. The summed E-state index contributed by atoms with van der Waals surface area (Å²) in [6, 6.07) is 10.2. The zero-order valence-corrected chi connectivity index (χ0v) is 13.9. The number of hydrogen-bond donors (Lipinski definition) is 1. The summed E-state index contributed by atoms with van der Waals surface area (Å²) in [5.41, 5.74) is 0.344. The fourth-order valence-corrected chi connectivity index (χ4v) is 2.84. The van der Waals surface area contributed by atoms with E-state index < -0.39 is 17.5 Å². The minimum Gasteiger partial charge on any atom is -0.327 e. The Morgan fingerprint density at radius 3 is 2.61 bits per heavy atom. The first-order valence-corrected chi connectivity index (χ1v) is 7.74. The molecule has 1 heterocycles. The van der Waals surface area contributed by atoms with Gasteiger partial charge in [0, 0.05) is 10.0 Å². The molecule has 0 bridgehead atoms. The maximum atomic E-state index is 13.9. The summed E-state index contributed by atoms with van der Waals surface area (Å²) >= 11 is 8.34. The van der Waals surface area contributed by atoms with Crippen molar-refractivity contribution in [3.05, 3.63) is 69.8 Å². The Labute approximate surface area is 144 Å². The number of amides is 1. The molecule has 0 saturated carbocycles. The summed E-state index contributed by atoms with van der Waals surface area (Å²) in [6.45, 7) is 0. The van der Waals surface area contributed by atoms with E-state index in [1.54, 1.807) is 12.1 Å². The van der Waals surface area contributed by atoms with Crippen molar-refractivity contribution in [3.63, 3.8) is 0 Å². The van der Waals surface area contributed by atoms with Gasteiger partial charge in [-0.05, 0) is 48.6 Å². The van der Waals surface area contributed by atoms with Gasteiger partial charge >= 0.3 is 0 Å². The molecule has 3 nitrogen and oxygen atoms in total. The van der Waals surface area contributed by atoms with Gasteiger partial charge in [-0.1, -0.05) is 28.1 Å². The molecular formula is C16H9BrF2N2OS. The Kier molecular flexibility index (Phi) is 4.23. The second-order valence-electron chi connectivity index (χ2n) is 4.75. The Hall–Kier alpha value is -2.12. The standard InChI is InChI=1S/C16H9BrF2N2OS/c17-10-5-6-11(18)9(7-10)8-13-15(22)21(16(23)20-13)14-4-2-1-3-12(14)19/h1-8H,(H,20,23)/b13-8-. The van der Waals surface area contributed by atoms with E-state index in [4.69, 9.17) is 12.2 Å². The predicted octanol–water partition coefficient (Wildman–Crippen LogP) is 3.99. The topological polar surface area (TPSA) is 32.3 Å². The van der Waals surface area contributed by atoms with Crippen molar-refractivity contribution in [2.45, 2.75) is 0 Å². The third kappa shape index (κ3) is 3.02. The molecule has 7 heteroatoms. The normalized spacial score (nSPS) is 16.1. The molecule has 0 aliphatic carbocycles. The zero-order chi connectivity index (χ0) is 16.6. The van der Waals surface area contributed by atoms with Gasteiger partial charge in [0.25, 0.3) is 5.91 Å². The van der Waals surface area contributed by atoms with Crippen molar-refractivity contribution < 1.29 is 13.6 Å². The molecule has 2 aromatic carbocycles. The Morgan fingerprint density at radius 1 is 1.13 bits per heavy atom. The van der Waals surface area contributed by atoms with Gasteiger partial charge in [-0.3, -0.25) is 4.79 Å². The van der Waals surface area contributed by atoms with Gasteiger partial charge in [0.1, 0.15) is 17.3 Å². The first-order valence-electron chi connectivity index (χ1n) is 6.54. The highest BCUT2D eigenvalue weighted by molar-refractivity contribution is 9.10. The molecule has 2 aromatic rings. The lowest BCUT2D eigenvalue weighted by Crippen LogP contribution is -2.31. The fourth-order valence-electron chi connectivity index (χ4n) is 2.17. The summed E-state index contributed by atoms with van der Waals surface area (Å²) in [4.78, 5) is 13.5. The summed E-state index contributed by atoms with van der Waals surface area (Å²) in [5, 5.41) is 2.74.